The van der Waals surface area contributed by atoms with Crippen LogP contribution < -0.4 is 5.32 Å². The molecule has 1 atom stereocenters. The molecule has 0 spiro atoms. The van der Waals surface area contributed by atoms with Crippen LogP contribution in [0, 0.1) is 5.92 Å². The molecule has 0 aliphatic heterocycles. The van der Waals surface area contributed by atoms with E-state index in [9.17, 15) is 5.11 Å². The lowest BCUT2D eigenvalue weighted by molar-refractivity contribution is 0.0383. The van der Waals surface area contributed by atoms with Crippen molar-refractivity contribution in [1.82, 2.24) is 14.7 Å². The third-order valence-electron chi connectivity index (χ3n) is 3.12. The normalized spacial score (nSPS) is 14.9. The minimum Gasteiger partial charge on any atom is -0.389 e. The molecule has 2 aromatic heterocycles. The van der Waals surface area contributed by atoms with Gasteiger partial charge in [-0.2, -0.15) is 0 Å². The number of nitrogens with zero attached hydrogens (tertiary/aromatic N) is 2. The zero-order valence-corrected chi connectivity index (χ0v) is 13.0. The number of hydrogen-bond donors (Lipinski definition) is 2. The van der Waals surface area contributed by atoms with Crippen molar-refractivity contribution in [2.45, 2.75) is 39.3 Å². The smallest absolute Gasteiger partial charge is 0.137 e. The monoisotopic (exact) mass is 295 g/mol. The molecule has 5 heteroatoms. The number of aromatic nitrogens is 2. The van der Waals surface area contributed by atoms with E-state index in [1.165, 1.54) is 0 Å². The first-order valence-corrected chi connectivity index (χ1v) is 7.30. The number of nitrogens with one attached hydrogen (secondary N) is 1. The van der Waals surface area contributed by atoms with Crippen molar-refractivity contribution in [3.05, 3.63) is 35.2 Å². The Hall–Kier alpha value is -1.10. The van der Waals surface area contributed by atoms with Gasteiger partial charge in [-0.1, -0.05) is 25.4 Å². The molecule has 2 heterocycles. The fraction of sp³-hybridized carbons (Fsp3) is 0.533. The quantitative estimate of drug-likeness (QED) is 0.861. The number of pyridine rings is 1. The summed E-state index contributed by atoms with van der Waals surface area (Å²) in [4.78, 5) is 4.49. The maximum absolute atomic E-state index is 10.2. The molecule has 2 N–H and O–H groups in total. The molecule has 0 saturated heterocycles. The van der Waals surface area contributed by atoms with E-state index in [0.29, 0.717) is 24.0 Å². The van der Waals surface area contributed by atoms with E-state index in [2.05, 4.69) is 24.1 Å². The Morgan fingerprint density at radius 3 is 2.85 bits per heavy atom. The largest absolute Gasteiger partial charge is 0.389 e. The summed E-state index contributed by atoms with van der Waals surface area (Å²) in [6.45, 7) is 7.28. The lowest BCUT2D eigenvalue weighted by Gasteiger charge is -2.25. The molecule has 4 nitrogen and oxygen atoms in total. The summed E-state index contributed by atoms with van der Waals surface area (Å²) >= 11 is 5.94. The molecular weight excluding hydrogens is 274 g/mol. The Morgan fingerprint density at radius 1 is 1.40 bits per heavy atom. The first kappa shape index (κ1) is 15.3. The summed E-state index contributed by atoms with van der Waals surface area (Å²) in [5, 5.41) is 14.2. The van der Waals surface area contributed by atoms with E-state index in [4.69, 9.17) is 11.6 Å². The average Bonchev–Trinajstić information content (AvgIpc) is 2.68. The van der Waals surface area contributed by atoms with Crippen LogP contribution >= 0.6 is 11.6 Å². The Labute approximate surface area is 124 Å². The van der Waals surface area contributed by atoms with Crippen LogP contribution in [0.4, 0.5) is 0 Å². The molecule has 0 saturated carbocycles. The number of aliphatic hydroxyl groups is 1. The molecule has 0 bridgehead atoms. The molecule has 2 aromatic rings. The van der Waals surface area contributed by atoms with Gasteiger partial charge in [-0.25, -0.2) is 4.98 Å². The predicted octanol–water partition coefficient (Wildman–Crippen LogP) is 2.87. The molecule has 0 aliphatic rings. The van der Waals surface area contributed by atoms with Gasteiger partial charge in [-0.15, -0.1) is 0 Å². The number of rotatable bonds is 6. The zero-order chi connectivity index (χ0) is 14.8. The highest BCUT2D eigenvalue weighted by molar-refractivity contribution is 6.30. The van der Waals surface area contributed by atoms with Crippen molar-refractivity contribution in [2.75, 3.05) is 6.54 Å². The zero-order valence-electron chi connectivity index (χ0n) is 12.2. The van der Waals surface area contributed by atoms with Crippen LogP contribution in [0.5, 0.6) is 0 Å². The highest BCUT2D eigenvalue weighted by Crippen LogP contribution is 2.15. The number of fused-ring (bicyclic) bond motifs is 1. The van der Waals surface area contributed by atoms with Crippen LogP contribution in [0.3, 0.4) is 0 Å². The van der Waals surface area contributed by atoms with Gasteiger partial charge >= 0.3 is 0 Å². The standard InChI is InChI=1S/C15H22ClN3O/c1-11(2)6-15(3,20)10-17-7-13-9-19-8-12(16)4-5-14(19)18-13/h4-5,8-9,11,17,20H,6-7,10H2,1-3H3. The third kappa shape index (κ3) is 4.20. The van der Waals surface area contributed by atoms with Gasteiger partial charge in [-0.3, -0.25) is 0 Å². The molecule has 2 rings (SSSR count). The Balaban J connectivity index is 1.93. The fourth-order valence-corrected chi connectivity index (χ4v) is 2.68. The summed E-state index contributed by atoms with van der Waals surface area (Å²) in [6, 6.07) is 3.72. The summed E-state index contributed by atoms with van der Waals surface area (Å²) in [7, 11) is 0. The molecule has 0 radical (unpaired) electrons. The average molecular weight is 296 g/mol. The summed E-state index contributed by atoms with van der Waals surface area (Å²) in [5.41, 5.74) is 1.13. The van der Waals surface area contributed by atoms with Crippen molar-refractivity contribution >= 4 is 17.2 Å². The van der Waals surface area contributed by atoms with Crippen molar-refractivity contribution < 1.29 is 5.11 Å². The van der Waals surface area contributed by atoms with Crippen LogP contribution in [0.25, 0.3) is 5.65 Å². The van der Waals surface area contributed by atoms with Crippen molar-refractivity contribution in [1.29, 1.82) is 0 Å². The van der Waals surface area contributed by atoms with Gasteiger partial charge in [0.05, 0.1) is 16.3 Å². The van der Waals surface area contributed by atoms with Crippen LogP contribution in [-0.2, 0) is 6.54 Å². The molecule has 20 heavy (non-hydrogen) atoms. The highest BCUT2D eigenvalue weighted by Gasteiger charge is 2.21. The SMILES string of the molecule is CC(C)CC(C)(O)CNCc1cn2cc(Cl)ccc2n1. The van der Waals surface area contributed by atoms with Crippen molar-refractivity contribution in [2.24, 2.45) is 5.92 Å². The Bertz CT molecular complexity index is 578. The van der Waals surface area contributed by atoms with Crippen LogP contribution in [0.1, 0.15) is 32.9 Å². The van der Waals surface area contributed by atoms with Gasteiger partial charge in [0.1, 0.15) is 5.65 Å². The predicted molar refractivity (Wildman–Crippen MR) is 82.0 cm³/mol. The van der Waals surface area contributed by atoms with Crippen LogP contribution in [0.15, 0.2) is 24.5 Å². The summed E-state index contributed by atoms with van der Waals surface area (Å²) < 4.78 is 1.91. The topological polar surface area (TPSA) is 49.6 Å². The minimum atomic E-state index is -0.684. The first-order valence-electron chi connectivity index (χ1n) is 6.92. The second kappa shape index (κ2) is 6.12. The molecule has 1 unspecified atom stereocenters. The second-order valence-corrected chi connectivity index (χ2v) is 6.48. The molecular formula is C15H22ClN3O. The second-order valence-electron chi connectivity index (χ2n) is 6.04. The van der Waals surface area contributed by atoms with Crippen LogP contribution in [-0.4, -0.2) is 26.6 Å². The highest BCUT2D eigenvalue weighted by atomic mass is 35.5. The van der Waals surface area contributed by atoms with E-state index >= 15 is 0 Å². The van der Waals surface area contributed by atoms with E-state index in [1.807, 2.05) is 35.9 Å². The van der Waals surface area contributed by atoms with Gasteiger partial charge in [0.25, 0.3) is 0 Å². The van der Waals surface area contributed by atoms with Gasteiger partial charge in [0.15, 0.2) is 0 Å². The Morgan fingerprint density at radius 2 is 2.15 bits per heavy atom. The van der Waals surface area contributed by atoms with E-state index in [1.54, 1.807) is 0 Å². The third-order valence-corrected chi connectivity index (χ3v) is 3.35. The number of imidazole rings is 1. The molecule has 0 aliphatic carbocycles. The summed E-state index contributed by atoms with van der Waals surface area (Å²) in [5.74, 6) is 0.476. The minimum absolute atomic E-state index is 0.476. The van der Waals surface area contributed by atoms with Crippen molar-refractivity contribution in [3.8, 4) is 0 Å². The van der Waals surface area contributed by atoms with E-state index < -0.39 is 5.60 Å². The molecule has 0 amide bonds. The van der Waals surface area contributed by atoms with E-state index in [0.717, 1.165) is 17.8 Å². The maximum Gasteiger partial charge on any atom is 0.137 e. The molecule has 0 aromatic carbocycles. The molecule has 110 valence electrons. The number of hydrogen-bond acceptors (Lipinski definition) is 3. The van der Waals surface area contributed by atoms with Gasteiger partial charge in [0.2, 0.25) is 0 Å². The number of halogens is 1. The lowest BCUT2D eigenvalue weighted by atomic mass is 9.94. The van der Waals surface area contributed by atoms with Crippen molar-refractivity contribution in [3.63, 3.8) is 0 Å². The Kier molecular flexibility index (Phi) is 4.68. The van der Waals surface area contributed by atoms with E-state index in [-0.39, 0.29) is 0 Å². The molecule has 0 fully saturated rings. The lowest BCUT2D eigenvalue weighted by Crippen LogP contribution is -2.38. The fourth-order valence-electron chi connectivity index (χ4n) is 2.51. The summed E-state index contributed by atoms with van der Waals surface area (Å²) in [6.07, 6.45) is 4.56. The van der Waals surface area contributed by atoms with Gasteiger partial charge in [-0.05, 0) is 31.4 Å². The maximum atomic E-state index is 10.2. The van der Waals surface area contributed by atoms with Gasteiger partial charge < -0.3 is 14.8 Å². The first-order chi connectivity index (χ1) is 9.35. The van der Waals surface area contributed by atoms with Gasteiger partial charge in [0, 0.05) is 25.5 Å². The van der Waals surface area contributed by atoms with Crippen LogP contribution in [0.2, 0.25) is 5.02 Å².